The monoisotopic (exact) mass is 241 g/mol. The number of ether oxygens (including phenoxy) is 1. The number of nitrogens with one attached hydrogen (secondary N) is 1. The van der Waals surface area contributed by atoms with Crippen LogP contribution < -0.4 is 0 Å². The first-order valence-electron chi connectivity index (χ1n) is 5.97. The van der Waals surface area contributed by atoms with E-state index in [2.05, 4.69) is 14.8 Å². The molecule has 0 spiro atoms. The van der Waals surface area contributed by atoms with Gasteiger partial charge in [0.1, 0.15) is 5.82 Å². The van der Waals surface area contributed by atoms with E-state index in [1.165, 1.54) is 32.1 Å². The second-order valence-corrected chi connectivity index (χ2v) is 4.75. The van der Waals surface area contributed by atoms with Gasteiger partial charge < -0.3 is 9.30 Å². The molecule has 0 aromatic carbocycles. The third kappa shape index (κ3) is 2.52. The van der Waals surface area contributed by atoms with Crippen LogP contribution in [0.3, 0.4) is 0 Å². The van der Waals surface area contributed by atoms with Gasteiger partial charge in [-0.3, -0.25) is 5.10 Å². The van der Waals surface area contributed by atoms with Gasteiger partial charge in [-0.25, -0.2) is 0 Å². The molecule has 0 radical (unpaired) electrons. The molecule has 90 valence electrons. The fourth-order valence-corrected chi connectivity index (χ4v) is 2.63. The minimum atomic E-state index is 0.582. The summed E-state index contributed by atoms with van der Waals surface area (Å²) < 4.78 is 7.92. The van der Waals surface area contributed by atoms with Crippen LogP contribution in [0.1, 0.15) is 43.8 Å². The fourth-order valence-electron chi connectivity index (χ4n) is 2.40. The lowest BCUT2D eigenvalue weighted by atomic mass is 9.89. The van der Waals surface area contributed by atoms with Crippen molar-refractivity contribution in [1.82, 2.24) is 14.8 Å². The van der Waals surface area contributed by atoms with E-state index in [9.17, 15) is 0 Å². The number of rotatable bonds is 4. The smallest absolute Gasteiger partial charge is 0.195 e. The van der Waals surface area contributed by atoms with E-state index in [0.29, 0.717) is 12.5 Å². The van der Waals surface area contributed by atoms with Crippen molar-refractivity contribution in [2.75, 3.05) is 13.7 Å². The first-order chi connectivity index (χ1) is 7.83. The van der Waals surface area contributed by atoms with Gasteiger partial charge in [-0.15, -0.1) is 0 Å². The van der Waals surface area contributed by atoms with E-state index in [1.807, 2.05) is 0 Å². The summed E-state index contributed by atoms with van der Waals surface area (Å²) in [7, 11) is 1.71. The third-order valence-corrected chi connectivity index (χ3v) is 3.59. The molecule has 0 atom stereocenters. The molecular formula is C11H19N3OS. The van der Waals surface area contributed by atoms with Crippen LogP contribution in [-0.2, 0) is 11.3 Å². The fraction of sp³-hybridized carbons (Fsp3) is 0.818. The van der Waals surface area contributed by atoms with Crippen LogP contribution in [0.4, 0.5) is 0 Å². The van der Waals surface area contributed by atoms with Crippen molar-refractivity contribution in [3.63, 3.8) is 0 Å². The Bertz CT molecular complexity index is 379. The van der Waals surface area contributed by atoms with Crippen molar-refractivity contribution in [2.24, 2.45) is 0 Å². The lowest BCUT2D eigenvalue weighted by molar-refractivity contribution is 0.185. The number of hydrogen-bond acceptors (Lipinski definition) is 3. The van der Waals surface area contributed by atoms with Crippen LogP contribution in [-0.4, -0.2) is 28.5 Å². The zero-order valence-corrected chi connectivity index (χ0v) is 10.6. The molecule has 0 bridgehead atoms. The molecule has 5 heteroatoms. The number of H-pyrrole nitrogens is 1. The Kier molecular flexibility index (Phi) is 4.12. The summed E-state index contributed by atoms with van der Waals surface area (Å²) in [5, 5.41) is 7.29. The standard InChI is InChI=1S/C11H19N3OS/c1-15-8-7-14-10(12-13-11(14)16)9-5-3-2-4-6-9/h9H,2-8H2,1H3,(H,13,16). The van der Waals surface area contributed by atoms with Gasteiger partial charge in [0.05, 0.1) is 6.61 Å². The minimum Gasteiger partial charge on any atom is -0.383 e. The highest BCUT2D eigenvalue weighted by Crippen LogP contribution is 2.31. The van der Waals surface area contributed by atoms with Crippen molar-refractivity contribution >= 4 is 12.2 Å². The first-order valence-corrected chi connectivity index (χ1v) is 6.38. The molecule has 1 saturated carbocycles. The topological polar surface area (TPSA) is 42.8 Å². The van der Waals surface area contributed by atoms with Gasteiger partial charge in [-0.05, 0) is 25.1 Å². The van der Waals surface area contributed by atoms with E-state index in [0.717, 1.165) is 17.1 Å². The van der Waals surface area contributed by atoms with Crippen LogP contribution >= 0.6 is 12.2 Å². The van der Waals surface area contributed by atoms with E-state index >= 15 is 0 Å². The molecule has 2 rings (SSSR count). The molecule has 0 saturated heterocycles. The highest BCUT2D eigenvalue weighted by atomic mass is 32.1. The number of aromatic amines is 1. The van der Waals surface area contributed by atoms with Gasteiger partial charge >= 0.3 is 0 Å². The Labute approximate surface area is 101 Å². The maximum atomic E-state index is 5.24. The summed E-state index contributed by atoms with van der Waals surface area (Å²) in [6, 6.07) is 0. The molecule has 1 aromatic rings. The van der Waals surface area contributed by atoms with Gasteiger partial charge in [0, 0.05) is 19.6 Å². The molecular weight excluding hydrogens is 222 g/mol. The Morgan fingerprint density at radius 3 is 2.88 bits per heavy atom. The van der Waals surface area contributed by atoms with Crippen LogP contribution in [0.5, 0.6) is 0 Å². The van der Waals surface area contributed by atoms with Gasteiger partial charge in [0.2, 0.25) is 0 Å². The predicted molar refractivity (Wildman–Crippen MR) is 65.1 cm³/mol. The molecule has 0 unspecified atom stereocenters. The Morgan fingerprint density at radius 2 is 2.19 bits per heavy atom. The minimum absolute atomic E-state index is 0.582. The van der Waals surface area contributed by atoms with Crippen molar-refractivity contribution in [2.45, 2.75) is 44.6 Å². The average Bonchev–Trinajstić information content (AvgIpc) is 2.69. The van der Waals surface area contributed by atoms with E-state index in [1.54, 1.807) is 7.11 Å². The molecule has 1 aliphatic rings. The van der Waals surface area contributed by atoms with Gasteiger partial charge in [-0.2, -0.15) is 5.10 Å². The Morgan fingerprint density at radius 1 is 1.44 bits per heavy atom. The van der Waals surface area contributed by atoms with Crippen LogP contribution in [0.2, 0.25) is 0 Å². The molecule has 1 aromatic heterocycles. The van der Waals surface area contributed by atoms with Gasteiger partial charge in [0.25, 0.3) is 0 Å². The first kappa shape index (κ1) is 11.8. The largest absolute Gasteiger partial charge is 0.383 e. The van der Waals surface area contributed by atoms with E-state index < -0.39 is 0 Å². The highest BCUT2D eigenvalue weighted by molar-refractivity contribution is 7.71. The number of aromatic nitrogens is 3. The lowest BCUT2D eigenvalue weighted by Crippen LogP contribution is -2.14. The number of hydrogen-bond donors (Lipinski definition) is 1. The van der Waals surface area contributed by atoms with E-state index in [4.69, 9.17) is 17.0 Å². The molecule has 1 heterocycles. The SMILES string of the molecule is COCCn1c(C2CCCCC2)n[nH]c1=S. The summed E-state index contributed by atoms with van der Waals surface area (Å²) in [6.45, 7) is 1.49. The molecule has 0 aliphatic heterocycles. The van der Waals surface area contributed by atoms with Crippen LogP contribution in [0.15, 0.2) is 0 Å². The van der Waals surface area contributed by atoms with Crippen molar-refractivity contribution < 1.29 is 4.74 Å². The average molecular weight is 241 g/mol. The number of nitrogens with zero attached hydrogens (tertiary/aromatic N) is 2. The van der Waals surface area contributed by atoms with Crippen molar-refractivity contribution in [3.05, 3.63) is 10.6 Å². The Balaban J connectivity index is 2.15. The second kappa shape index (κ2) is 5.59. The normalized spacial score (nSPS) is 17.8. The second-order valence-electron chi connectivity index (χ2n) is 4.37. The van der Waals surface area contributed by atoms with Crippen molar-refractivity contribution in [1.29, 1.82) is 0 Å². The Hall–Kier alpha value is -0.680. The predicted octanol–water partition coefficient (Wildman–Crippen LogP) is 2.63. The van der Waals surface area contributed by atoms with E-state index in [-0.39, 0.29) is 0 Å². The van der Waals surface area contributed by atoms with Crippen molar-refractivity contribution in [3.8, 4) is 0 Å². The van der Waals surface area contributed by atoms with Gasteiger partial charge in [0.15, 0.2) is 4.77 Å². The molecule has 0 amide bonds. The molecule has 4 nitrogen and oxygen atoms in total. The maximum absolute atomic E-state index is 5.24. The molecule has 1 fully saturated rings. The summed E-state index contributed by atoms with van der Waals surface area (Å²) in [5.74, 6) is 1.71. The quantitative estimate of drug-likeness (QED) is 0.824. The molecule has 16 heavy (non-hydrogen) atoms. The lowest BCUT2D eigenvalue weighted by Gasteiger charge is -2.21. The summed E-state index contributed by atoms with van der Waals surface area (Å²) >= 11 is 5.24. The molecule has 1 aliphatic carbocycles. The third-order valence-electron chi connectivity index (χ3n) is 3.28. The van der Waals surface area contributed by atoms with Crippen LogP contribution in [0, 0.1) is 4.77 Å². The maximum Gasteiger partial charge on any atom is 0.195 e. The summed E-state index contributed by atoms with van der Waals surface area (Å²) in [5.41, 5.74) is 0. The summed E-state index contributed by atoms with van der Waals surface area (Å²) in [4.78, 5) is 0. The zero-order valence-electron chi connectivity index (χ0n) is 9.74. The highest BCUT2D eigenvalue weighted by Gasteiger charge is 2.20. The molecule has 1 N–H and O–H groups in total. The number of methoxy groups -OCH3 is 1. The van der Waals surface area contributed by atoms with Gasteiger partial charge in [-0.1, -0.05) is 19.3 Å². The summed E-state index contributed by atoms with van der Waals surface area (Å²) in [6.07, 6.45) is 6.47. The zero-order chi connectivity index (χ0) is 11.4. The van der Waals surface area contributed by atoms with Crippen LogP contribution in [0.25, 0.3) is 0 Å².